The van der Waals surface area contributed by atoms with Gasteiger partial charge in [0.2, 0.25) is 0 Å². The number of rotatable bonds is 12. The van der Waals surface area contributed by atoms with Crippen LogP contribution in [-0.2, 0) is 15.0 Å². The Morgan fingerprint density at radius 3 is 2.53 bits per heavy atom. The number of carbonyl (C=O) groups excluding carboxylic acids is 1. The Morgan fingerprint density at radius 2 is 1.93 bits per heavy atom. The molecule has 0 saturated heterocycles. The van der Waals surface area contributed by atoms with Gasteiger partial charge in [-0.1, -0.05) is 44.1 Å². The average molecular weight is 438 g/mol. The van der Waals surface area contributed by atoms with Crippen molar-refractivity contribution in [2.24, 2.45) is 0 Å². The van der Waals surface area contributed by atoms with Gasteiger partial charge in [0.05, 0.1) is 39.4 Å². The van der Waals surface area contributed by atoms with Crippen LogP contribution < -0.4 is 14.1 Å². The molecule has 0 unspecified atom stereocenters. The Hall–Kier alpha value is -2.08. The van der Waals surface area contributed by atoms with Crippen molar-refractivity contribution in [3.05, 3.63) is 29.8 Å². The van der Waals surface area contributed by atoms with E-state index in [-0.39, 0.29) is 0 Å². The van der Waals surface area contributed by atoms with E-state index in [4.69, 9.17) is 0 Å². The molecule has 1 aromatic carbocycles. The first-order valence-electron chi connectivity index (χ1n) is 10.3. The fraction of sp³-hybridized carbons (Fsp3) is 0.591. The molecule has 0 fully saturated rings. The molecular weight excluding hydrogens is 402 g/mol. The minimum Gasteiger partial charge on any atom is -0.550 e. The second-order valence-electron chi connectivity index (χ2n) is 8.50. The molecule has 1 rings (SSSR count). The van der Waals surface area contributed by atoms with Crippen molar-refractivity contribution in [1.29, 1.82) is 0 Å². The monoisotopic (exact) mass is 437 g/mol. The SMILES string of the molecule is CCCCCCC#Cc1cccc(N(C)S(=O)(=O)N[C@H](CC(=O)[O-])C[N+](C)(C)C)c1. The topological polar surface area (TPSA) is 89.5 Å². The molecule has 0 bridgehead atoms. The molecule has 0 radical (unpaired) electrons. The van der Waals surface area contributed by atoms with Crippen LogP contribution in [0.5, 0.6) is 0 Å². The molecule has 30 heavy (non-hydrogen) atoms. The summed E-state index contributed by atoms with van der Waals surface area (Å²) in [4.78, 5) is 11.1. The number of carboxylic acid groups (broad SMARTS) is 1. The molecule has 0 aliphatic carbocycles. The Balaban J connectivity index is 2.90. The molecule has 0 amide bonds. The number of benzene rings is 1. The normalized spacial score (nSPS) is 12.7. The number of hydrogen-bond donors (Lipinski definition) is 1. The smallest absolute Gasteiger partial charge is 0.301 e. The lowest BCUT2D eigenvalue weighted by atomic mass is 10.1. The second-order valence-corrected chi connectivity index (χ2v) is 10.2. The lowest BCUT2D eigenvalue weighted by Gasteiger charge is -2.31. The zero-order valence-electron chi connectivity index (χ0n) is 18.8. The quantitative estimate of drug-likeness (QED) is 0.305. The first-order valence-corrected chi connectivity index (χ1v) is 11.7. The van der Waals surface area contributed by atoms with Crippen LogP contribution in [0, 0.1) is 11.8 Å². The standard InChI is InChI=1S/C22H35N3O4S/c1-6-7-8-9-10-11-13-19-14-12-15-21(16-19)24(2)30(28,29)23-20(17-22(26)27)18-25(3,4)5/h12,14-16,20,23H,6-10,17-18H2,1-5H3/t20-/m1/s1. The van der Waals surface area contributed by atoms with Crippen LogP contribution in [0.3, 0.4) is 0 Å². The van der Waals surface area contributed by atoms with E-state index in [1.807, 2.05) is 27.2 Å². The van der Waals surface area contributed by atoms with Gasteiger partial charge in [0.1, 0.15) is 0 Å². The minimum atomic E-state index is -3.95. The van der Waals surface area contributed by atoms with Gasteiger partial charge in [-0.2, -0.15) is 13.1 Å². The van der Waals surface area contributed by atoms with Gasteiger partial charge in [-0.05, 0) is 24.6 Å². The van der Waals surface area contributed by atoms with Crippen LogP contribution >= 0.6 is 0 Å². The average Bonchev–Trinajstić information content (AvgIpc) is 2.61. The van der Waals surface area contributed by atoms with E-state index in [9.17, 15) is 18.3 Å². The van der Waals surface area contributed by atoms with E-state index in [1.165, 1.54) is 19.9 Å². The third kappa shape index (κ3) is 10.1. The van der Waals surface area contributed by atoms with Gasteiger partial charge in [0.15, 0.2) is 0 Å². The maximum absolute atomic E-state index is 12.8. The first kappa shape index (κ1) is 26.0. The summed E-state index contributed by atoms with van der Waals surface area (Å²) in [7, 11) is 3.08. The molecule has 0 heterocycles. The van der Waals surface area contributed by atoms with E-state index >= 15 is 0 Å². The van der Waals surface area contributed by atoms with Crippen LogP contribution in [0.2, 0.25) is 0 Å². The van der Waals surface area contributed by atoms with Crippen LogP contribution in [0.4, 0.5) is 5.69 Å². The number of unbranched alkanes of at least 4 members (excludes halogenated alkanes) is 4. The zero-order chi connectivity index (χ0) is 22.8. The number of nitrogens with zero attached hydrogens (tertiary/aromatic N) is 2. The first-order chi connectivity index (χ1) is 13.9. The summed E-state index contributed by atoms with van der Waals surface area (Å²) in [6, 6.07) is 6.21. The summed E-state index contributed by atoms with van der Waals surface area (Å²) in [5.41, 5.74) is 1.19. The molecule has 1 aromatic rings. The number of aliphatic carboxylic acids is 1. The van der Waals surface area contributed by atoms with Gasteiger partial charge in [0, 0.05) is 31.4 Å². The fourth-order valence-electron chi connectivity index (χ4n) is 3.02. The number of quaternary nitrogens is 1. The predicted octanol–water partition coefficient (Wildman–Crippen LogP) is 1.49. The van der Waals surface area contributed by atoms with Gasteiger partial charge < -0.3 is 14.4 Å². The molecule has 0 spiro atoms. The van der Waals surface area contributed by atoms with Crippen LogP contribution in [0.1, 0.15) is 51.0 Å². The van der Waals surface area contributed by atoms with Gasteiger partial charge in [-0.15, -0.1) is 0 Å². The van der Waals surface area contributed by atoms with Gasteiger partial charge in [0.25, 0.3) is 0 Å². The highest BCUT2D eigenvalue weighted by Gasteiger charge is 2.27. The summed E-state index contributed by atoms with van der Waals surface area (Å²) < 4.78 is 29.7. The summed E-state index contributed by atoms with van der Waals surface area (Å²) in [5.74, 6) is 4.93. The summed E-state index contributed by atoms with van der Waals surface area (Å²) in [6.45, 7) is 2.48. The van der Waals surface area contributed by atoms with E-state index in [0.717, 1.165) is 29.1 Å². The summed E-state index contributed by atoms with van der Waals surface area (Å²) in [6.07, 6.45) is 5.04. The highest BCUT2D eigenvalue weighted by molar-refractivity contribution is 7.90. The second kappa shape index (κ2) is 11.9. The Labute approximate surface area is 181 Å². The molecule has 0 aliphatic rings. The van der Waals surface area contributed by atoms with Crippen LogP contribution in [0.15, 0.2) is 24.3 Å². The molecule has 0 aliphatic heterocycles. The van der Waals surface area contributed by atoms with Crippen molar-refractivity contribution >= 4 is 21.9 Å². The number of hydrogen-bond acceptors (Lipinski definition) is 4. The largest absolute Gasteiger partial charge is 0.550 e. The third-order valence-electron chi connectivity index (χ3n) is 4.46. The Morgan fingerprint density at radius 1 is 1.23 bits per heavy atom. The maximum Gasteiger partial charge on any atom is 0.301 e. The molecule has 8 heteroatoms. The van der Waals surface area contributed by atoms with Crippen molar-refractivity contribution in [2.75, 3.05) is 39.0 Å². The minimum absolute atomic E-state index is 0.310. The molecule has 0 saturated carbocycles. The number of carbonyl (C=O) groups is 1. The van der Waals surface area contributed by atoms with Gasteiger partial charge >= 0.3 is 10.2 Å². The number of anilines is 1. The van der Waals surface area contributed by atoms with Gasteiger partial charge in [-0.3, -0.25) is 4.31 Å². The van der Waals surface area contributed by atoms with Crippen LogP contribution in [0.25, 0.3) is 0 Å². The predicted molar refractivity (Wildman–Crippen MR) is 119 cm³/mol. The number of nitrogens with one attached hydrogen (secondary N) is 1. The van der Waals surface area contributed by atoms with E-state index in [0.29, 0.717) is 16.7 Å². The molecule has 168 valence electrons. The maximum atomic E-state index is 12.8. The highest BCUT2D eigenvalue weighted by atomic mass is 32.2. The van der Waals surface area contributed by atoms with Crippen LogP contribution in [-0.4, -0.2) is 59.6 Å². The third-order valence-corrected chi connectivity index (χ3v) is 6.02. The highest BCUT2D eigenvalue weighted by Crippen LogP contribution is 2.18. The van der Waals surface area contributed by atoms with Crippen molar-refractivity contribution in [1.82, 2.24) is 4.72 Å². The number of likely N-dealkylation sites (N-methyl/N-ethyl adjacent to an activating group) is 1. The molecule has 0 aromatic heterocycles. The summed E-state index contributed by atoms with van der Waals surface area (Å²) in [5, 5.41) is 11.1. The van der Waals surface area contributed by atoms with E-state index < -0.39 is 28.6 Å². The van der Waals surface area contributed by atoms with Crippen molar-refractivity contribution in [2.45, 2.75) is 51.5 Å². The van der Waals surface area contributed by atoms with Crippen molar-refractivity contribution < 1.29 is 22.8 Å². The number of carboxylic acids is 1. The molecular formula is C22H35N3O4S. The molecule has 1 N–H and O–H groups in total. The van der Waals surface area contributed by atoms with E-state index in [1.54, 1.807) is 18.2 Å². The molecule has 7 nitrogen and oxygen atoms in total. The van der Waals surface area contributed by atoms with E-state index in [2.05, 4.69) is 23.5 Å². The lowest BCUT2D eigenvalue weighted by Crippen LogP contribution is -2.53. The Kier molecular flexibility index (Phi) is 10.3. The molecule has 1 atom stereocenters. The van der Waals surface area contributed by atoms with Crippen molar-refractivity contribution in [3.8, 4) is 11.8 Å². The summed E-state index contributed by atoms with van der Waals surface area (Å²) >= 11 is 0. The zero-order valence-corrected chi connectivity index (χ0v) is 19.6. The lowest BCUT2D eigenvalue weighted by molar-refractivity contribution is -0.871. The Bertz CT molecular complexity index is 851. The van der Waals surface area contributed by atoms with Gasteiger partial charge in [-0.25, -0.2) is 0 Å². The fourth-order valence-corrected chi connectivity index (χ4v) is 4.15. The van der Waals surface area contributed by atoms with Crippen molar-refractivity contribution in [3.63, 3.8) is 0 Å².